The van der Waals surface area contributed by atoms with Crippen molar-refractivity contribution in [2.75, 3.05) is 13.6 Å². The van der Waals surface area contributed by atoms with Crippen LogP contribution in [-0.4, -0.2) is 37.5 Å². The minimum atomic E-state index is -0.312. The van der Waals surface area contributed by atoms with Crippen LogP contribution >= 0.6 is 0 Å². The van der Waals surface area contributed by atoms with Crippen LogP contribution in [0.3, 0.4) is 0 Å². The van der Waals surface area contributed by atoms with Gasteiger partial charge in [-0.2, -0.15) is 0 Å². The monoisotopic (exact) mass is 199 g/mol. The highest BCUT2D eigenvalue weighted by Crippen LogP contribution is 2.18. The summed E-state index contributed by atoms with van der Waals surface area (Å²) in [6, 6.07) is 0.0552. The second-order valence-electron chi connectivity index (χ2n) is 3.56. The summed E-state index contributed by atoms with van der Waals surface area (Å²) in [5.41, 5.74) is 0. The molecule has 1 saturated carbocycles. The van der Waals surface area contributed by atoms with Gasteiger partial charge in [-0.3, -0.25) is 14.9 Å². The van der Waals surface area contributed by atoms with Crippen molar-refractivity contribution in [3.8, 4) is 0 Å². The summed E-state index contributed by atoms with van der Waals surface area (Å²) in [6.07, 6.45) is 2.15. The van der Waals surface area contributed by atoms with E-state index in [0.29, 0.717) is 6.04 Å². The van der Waals surface area contributed by atoms with Crippen LogP contribution in [-0.2, 0) is 9.59 Å². The summed E-state index contributed by atoms with van der Waals surface area (Å²) in [5, 5.41) is 8.18. The number of amides is 2. The first kappa shape index (κ1) is 11.0. The third-order valence-electron chi connectivity index (χ3n) is 2.16. The van der Waals surface area contributed by atoms with E-state index in [1.165, 1.54) is 0 Å². The van der Waals surface area contributed by atoms with Crippen molar-refractivity contribution in [1.29, 1.82) is 0 Å². The summed E-state index contributed by atoms with van der Waals surface area (Å²) in [5.74, 6) is -0.146. The summed E-state index contributed by atoms with van der Waals surface area (Å²) in [4.78, 5) is 22.3. The van der Waals surface area contributed by atoms with Crippen molar-refractivity contribution in [1.82, 2.24) is 16.0 Å². The van der Waals surface area contributed by atoms with E-state index < -0.39 is 0 Å². The van der Waals surface area contributed by atoms with Gasteiger partial charge in [0.25, 0.3) is 0 Å². The van der Waals surface area contributed by atoms with E-state index in [1.807, 2.05) is 0 Å². The molecule has 14 heavy (non-hydrogen) atoms. The lowest BCUT2D eigenvalue weighted by molar-refractivity contribution is -0.123. The number of carbonyl (C=O) groups is 2. The zero-order valence-electron chi connectivity index (χ0n) is 8.59. The maximum absolute atomic E-state index is 11.4. The molecular formula is C9H17N3O2. The molecule has 0 radical (unpaired) electrons. The third kappa shape index (κ3) is 3.74. The molecule has 2 amide bonds. The van der Waals surface area contributed by atoms with Crippen LogP contribution in [0, 0.1) is 0 Å². The van der Waals surface area contributed by atoms with Crippen molar-refractivity contribution >= 4 is 11.8 Å². The van der Waals surface area contributed by atoms with Gasteiger partial charge < -0.3 is 10.6 Å². The Morgan fingerprint density at radius 1 is 1.43 bits per heavy atom. The lowest BCUT2D eigenvalue weighted by Gasteiger charge is -2.12. The second-order valence-corrected chi connectivity index (χ2v) is 3.56. The molecule has 3 N–H and O–H groups in total. The molecule has 0 bridgehead atoms. The first-order valence-corrected chi connectivity index (χ1v) is 4.88. The SMILES string of the molecule is CNC(=O)CNC(C)C(=O)NC1CC1. The Labute approximate surface area is 83.6 Å². The van der Waals surface area contributed by atoms with Crippen LogP contribution in [0.1, 0.15) is 19.8 Å². The molecular weight excluding hydrogens is 182 g/mol. The van der Waals surface area contributed by atoms with Gasteiger partial charge in [-0.1, -0.05) is 0 Å². The Morgan fingerprint density at radius 3 is 2.57 bits per heavy atom. The Balaban J connectivity index is 2.15. The number of nitrogens with one attached hydrogen (secondary N) is 3. The molecule has 5 nitrogen and oxygen atoms in total. The van der Waals surface area contributed by atoms with E-state index in [-0.39, 0.29) is 24.4 Å². The highest BCUT2D eigenvalue weighted by molar-refractivity contribution is 5.83. The number of carbonyl (C=O) groups excluding carboxylic acids is 2. The quantitative estimate of drug-likeness (QED) is 0.531. The molecule has 80 valence electrons. The number of rotatable bonds is 5. The molecule has 0 aliphatic heterocycles. The predicted molar refractivity (Wildman–Crippen MR) is 52.7 cm³/mol. The van der Waals surface area contributed by atoms with Gasteiger partial charge in [0.15, 0.2) is 0 Å². The van der Waals surface area contributed by atoms with Crippen molar-refractivity contribution < 1.29 is 9.59 Å². The second kappa shape index (κ2) is 4.95. The van der Waals surface area contributed by atoms with Gasteiger partial charge in [0.05, 0.1) is 12.6 Å². The fourth-order valence-electron chi connectivity index (χ4n) is 0.981. The molecule has 0 aromatic carbocycles. The molecule has 0 heterocycles. The van der Waals surface area contributed by atoms with Gasteiger partial charge in [-0.05, 0) is 19.8 Å². The fourth-order valence-corrected chi connectivity index (χ4v) is 0.981. The van der Waals surface area contributed by atoms with Crippen LogP contribution in [0.5, 0.6) is 0 Å². The van der Waals surface area contributed by atoms with Crippen LogP contribution in [0.4, 0.5) is 0 Å². The lowest BCUT2D eigenvalue weighted by Crippen LogP contribution is -2.46. The number of hydrogen-bond donors (Lipinski definition) is 3. The molecule has 1 unspecified atom stereocenters. The first-order chi connectivity index (χ1) is 6.63. The Morgan fingerprint density at radius 2 is 2.07 bits per heavy atom. The Bertz CT molecular complexity index is 226. The molecule has 0 aromatic rings. The summed E-state index contributed by atoms with van der Waals surface area (Å²) < 4.78 is 0. The van der Waals surface area contributed by atoms with E-state index in [9.17, 15) is 9.59 Å². The van der Waals surface area contributed by atoms with Gasteiger partial charge >= 0.3 is 0 Å². The van der Waals surface area contributed by atoms with Crippen LogP contribution in [0.15, 0.2) is 0 Å². The minimum Gasteiger partial charge on any atom is -0.358 e. The molecule has 1 atom stereocenters. The third-order valence-corrected chi connectivity index (χ3v) is 2.16. The van der Waals surface area contributed by atoms with Gasteiger partial charge in [0.2, 0.25) is 11.8 Å². The normalized spacial score (nSPS) is 17.3. The molecule has 5 heteroatoms. The van der Waals surface area contributed by atoms with E-state index >= 15 is 0 Å². The zero-order chi connectivity index (χ0) is 10.6. The van der Waals surface area contributed by atoms with E-state index in [4.69, 9.17) is 0 Å². The molecule has 1 fully saturated rings. The Hall–Kier alpha value is -1.10. The predicted octanol–water partition coefficient (Wildman–Crippen LogP) is -1.01. The average Bonchev–Trinajstić information content (AvgIpc) is 2.97. The van der Waals surface area contributed by atoms with E-state index in [1.54, 1.807) is 14.0 Å². The average molecular weight is 199 g/mol. The largest absolute Gasteiger partial charge is 0.358 e. The first-order valence-electron chi connectivity index (χ1n) is 4.88. The van der Waals surface area contributed by atoms with Gasteiger partial charge in [0, 0.05) is 13.1 Å². The molecule has 1 aliphatic carbocycles. The number of likely N-dealkylation sites (N-methyl/N-ethyl adjacent to an activating group) is 1. The van der Waals surface area contributed by atoms with E-state index in [0.717, 1.165) is 12.8 Å². The highest BCUT2D eigenvalue weighted by atomic mass is 16.2. The summed E-state index contributed by atoms with van der Waals surface area (Å²) >= 11 is 0. The van der Waals surface area contributed by atoms with E-state index in [2.05, 4.69) is 16.0 Å². The van der Waals surface area contributed by atoms with Crippen molar-refractivity contribution in [2.45, 2.75) is 31.8 Å². The molecule has 0 saturated heterocycles. The van der Waals surface area contributed by atoms with Crippen LogP contribution in [0.25, 0.3) is 0 Å². The summed E-state index contributed by atoms with van der Waals surface area (Å²) in [7, 11) is 1.57. The van der Waals surface area contributed by atoms with Gasteiger partial charge in [-0.25, -0.2) is 0 Å². The topological polar surface area (TPSA) is 70.2 Å². The van der Waals surface area contributed by atoms with Crippen molar-refractivity contribution in [3.63, 3.8) is 0 Å². The van der Waals surface area contributed by atoms with Gasteiger partial charge in [-0.15, -0.1) is 0 Å². The lowest BCUT2D eigenvalue weighted by atomic mass is 10.3. The van der Waals surface area contributed by atoms with Crippen LogP contribution in [0.2, 0.25) is 0 Å². The van der Waals surface area contributed by atoms with Crippen molar-refractivity contribution in [2.24, 2.45) is 0 Å². The zero-order valence-corrected chi connectivity index (χ0v) is 8.59. The van der Waals surface area contributed by atoms with Gasteiger partial charge in [0.1, 0.15) is 0 Å². The summed E-state index contributed by atoms with van der Waals surface area (Å²) in [6.45, 7) is 1.93. The molecule has 1 aliphatic rings. The highest BCUT2D eigenvalue weighted by Gasteiger charge is 2.25. The molecule has 0 spiro atoms. The molecule has 0 aromatic heterocycles. The standard InChI is InChI=1S/C9H17N3O2/c1-6(11-5-8(13)10-2)9(14)12-7-3-4-7/h6-7,11H,3-5H2,1-2H3,(H,10,13)(H,12,14). The van der Waals surface area contributed by atoms with Crippen LogP contribution < -0.4 is 16.0 Å². The fraction of sp³-hybridized carbons (Fsp3) is 0.778. The number of hydrogen-bond acceptors (Lipinski definition) is 3. The maximum atomic E-state index is 11.4. The minimum absolute atomic E-state index is 0.0311. The maximum Gasteiger partial charge on any atom is 0.237 e. The molecule has 1 rings (SSSR count). The van der Waals surface area contributed by atoms with Crippen molar-refractivity contribution in [3.05, 3.63) is 0 Å². The Kier molecular flexibility index (Phi) is 3.88. The smallest absolute Gasteiger partial charge is 0.237 e.